The van der Waals surface area contributed by atoms with Crippen LogP contribution < -0.4 is 0 Å². The van der Waals surface area contributed by atoms with Crippen molar-refractivity contribution in [1.82, 2.24) is 0 Å². The molecule has 0 aliphatic carbocycles. The SMILES string of the molecule is C=CC(F)(F)C(F)(F)C(F)(F)Br. The summed E-state index contributed by atoms with van der Waals surface area (Å²) < 4.78 is 71.9. The van der Waals surface area contributed by atoms with Gasteiger partial charge in [0, 0.05) is 0 Å². The maximum atomic E-state index is 12.1. The Morgan fingerprint density at radius 1 is 1.00 bits per heavy atom. The summed E-state index contributed by atoms with van der Waals surface area (Å²) in [5.41, 5.74) is 0. The van der Waals surface area contributed by atoms with Gasteiger partial charge >= 0.3 is 16.7 Å². The van der Waals surface area contributed by atoms with Crippen LogP contribution in [0.15, 0.2) is 12.7 Å². The van der Waals surface area contributed by atoms with E-state index in [2.05, 4.69) is 6.58 Å². The van der Waals surface area contributed by atoms with Gasteiger partial charge in [-0.1, -0.05) is 6.58 Å². The van der Waals surface area contributed by atoms with E-state index in [9.17, 15) is 26.3 Å². The van der Waals surface area contributed by atoms with Crippen molar-refractivity contribution < 1.29 is 26.3 Å². The van der Waals surface area contributed by atoms with Gasteiger partial charge in [0.15, 0.2) is 0 Å². The molecule has 0 rings (SSSR count). The zero-order chi connectivity index (χ0) is 10.2. The lowest BCUT2D eigenvalue weighted by atomic mass is 10.2. The summed E-state index contributed by atoms with van der Waals surface area (Å²) in [4.78, 5) is -4.96. The van der Waals surface area contributed by atoms with Gasteiger partial charge in [-0.3, -0.25) is 0 Å². The highest BCUT2D eigenvalue weighted by Gasteiger charge is 2.69. The van der Waals surface area contributed by atoms with Crippen LogP contribution in [0.1, 0.15) is 0 Å². The van der Waals surface area contributed by atoms with Crippen molar-refractivity contribution in [3.63, 3.8) is 0 Å². The molecule has 0 amide bonds. The van der Waals surface area contributed by atoms with Crippen LogP contribution in [0.2, 0.25) is 0 Å². The average Bonchev–Trinajstić information content (AvgIpc) is 1.85. The van der Waals surface area contributed by atoms with Crippen LogP contribution in [0.3, 0.4) is 0 Å². The highest BCUT2D eigenvalue weighted by Crippen LogP contribution is 2.49. The number of hydrogen-bond donors (Lipinski definition) is 0. The number of allylic oxidation sites excluding steroid dienone is 1. The van der Waals surface area contributed by atoms with Crippen molar-refractivity contribution in [1.29, 1.82) is 0 Å². The molecule has 0 N–H and O–H groups in total. The van der Waals surface area contributed by atoms with Crippen LogP contribution in [-0.2, 0) is 0 Å². The zero-order valence-corrected chi connectivity index (χ0v) is 7.02. The highest BCUT2D eigenvalue weighted by molar-refractivity contribution is 9.10. The Morgan fingerprint density at radius 2 is 1.33 bits per heavy atom. The van der Waals surface area contributed by atoms with E-state index in [0.717, 1.165) is 0 Å². The second-order valence-corrected chi connectivity index (χ2v) is 2.90. The molecule has 0 atom stereocenters. The second-order valence-electron chi connectivity index (χ2n) is 1.90. The van der Waals surface area contributed by atoms with Gasteiger partial charge in [-0.15, -0.1) is 0 Å². The average molecular weight is 257 g/mol. The molecule has 7 heteroatoms. The lowest BCUT2D eigenvalue weighted by Crippen LogP contribution is -2.49. The quantitative estimate of drug-likeness (QED) is 0.412. The monoisotopic (exact) mass is 256 g/mol. The predicted octanol–water partition coefficient (Wildman–Crippen LogP) is 3.43. The molecule has 0 unspecified atom stereocenters. The van der Waals surface area contributed by atoms with E-state index in [4.69, 9.17) is 0 Å². The summed E-state index contributed by atoms with van der Waals surface area (Å²) >= 11 is 1.17. The molecule has 72 valence electrons. The Bertz CT molecular complexity index is 181. The van der Waals surface area contributed by atoms with Gasteiger partial charge in [0.25, 0.3) is 0 Å². The Morgan fingerprint density at radius 3 is 1.42 bits per heavy atom. The Labute approximate surface area is 72.4 Å². The van der Waals surface area contributed by atoms with E-state index in [0.29, 0.717) is 0 Å². The third kappa shape index (κ3) is 1.75. The summed E-state index contributed by atoms with van der Waals surface area (Å²) in [6.45, 7) is 2.33. The number of hydrogen-bond acceptors (Lipinski definition) is 0. The smallest absolute Gasteiger partial charge is 0.195 e. The summed E-state index contributed by atoms with van der Waals surface area (Å²) in [5, 5.41) is 0. The molecule has 0 fully saturated rings. The first kappa shape index (κ1) is 11.8. The minimum absolute atomic E-state index is 0.526. The third-order valence-electron chi connectivity index (χ3n) is 1.03. The van der Waals surface area contributed by atoms with Gasteiger partial charge in [-0.05, 0) is 22.0 Å². The molecule has 0 aromatic rings. The van der Waals surface area contributed by atoms with E-state index < -0.39 is 22.8 Å². The molecule has 0 aromatic heterocycles. The fraction of sp³-hybridized carbons (Fsp3) is 0.600. The molecule has 12 heavy (non-hydrogen) atoms. The van der Waals surface area contributed by atoms with Crippen molar-refractivity contribution >= 4 is 15.9 Å². The van der Waals surface area contributed by atoms with E-state index in [1.807, 2.05) is 0 Å². The van der Waals surface area contributed by atoms with Gasteiger partial charge in [-0.25, -0.2) is 0 Å². The topological polar surface area (TPSA) is 0 Å². The standard InChI is InChI=1S/C5H3BrF6/c1-2-3(7,8)4(9,10)5(6,11)12/h2H,1H2. The molecule has 0 aliphatic rings. The van der Waals surface area contributed by atoms with Crippen LogP contribution in [0.5, 0.6) is 0 Å². The molecule has 0 heterocycles. The first-order valence-electron chi connectivity index (χ1n) is 2.52. The van der Waals surface area contributed by atoms with Crippen LogP contribution in [0, 0.1) is 0 Å². The van der Waals surface area contributed by atoms with Gasteiger partial charge in [0.2, 0.25) is 0 Å². The lowest BCUT2D eigenvalue weighted by Gasteiger charge is -2.26. The largest absolute Gasteiger partial charge is 0.385 e. The van der Waals surface area contributed by atoms with Crippen molar-refractivity contribution in [3.05, 3.63) is 12.7 Å². The second kappa shape index (κ2) is 2.93. The Hall–Kier alpha value is -0.200. The molecule has 0 saturated carbocycles. The first-order valence-corrected chi connectivity index (χ1v) is 3.31. The maximum Gasteiger partial charge on any atom is 0.385 e. The van der Waals surface area contributed by atoms with Gasteiger partial charge in [-0.2, -0.15) is 26.3 Å². The normalized spacial score (nSPS) is 14.6. The fourth-order valence-corrected chi connectivity index (χ4v) is 0.581. The summed E-state index contributed by atoms with van der Waals surface area (Å²) in [6.07, 6.45) is -0.526. The Kier molecular flexibility index (Phi) is 2.89. The molecular formula is C5H3BrF6. The molecule has 0 nitrogen and oxygen atoms in total. The van der Waals surface area contributed by atoms with Crippen molar-refractivity contribution in [3.8, 4) is 0 Å². The van der Waals surface area contributed by atoms with Crippen LogP contribution >= 0.6 is 15.9 Å². The van der Waals surface area contributed by atoms with E-state index >= 15 is 0 Å². The Balaban J connectivity index is 4.97. The zero-order valence-electron chi connectivity index (χ0n) is 5.43. The number of alkyl halides is 7. The number of rotatable bonds is 3. The molecule has 0 spiro atoms. The van der Waals surface area contributed by atoms with Crippen LogP contribution in [0.4, 0.5) is 26.3 Å². The minimum atomic E-state index is -5.48. The van der Waals surface area contributed by atoms with E-state index in [-0.39, 0.29) is 0 Å². The summed E-state index contributed by atoms with van der Waals surface area (Å²) in [7, 11) is 0. The predicted molar refractivity (Wildman–Crippen MR) is 34.0 cm³/mol. The molecule has 0 radical (unpaired) electrons. The van der Waals surface area contributed by atoms with Crippen molar-refractivity contribution in [2.75, 3.05) is 0 Å². The minimum Gasteiger partial charge on any atom is -0.195 e. The van der Waals surface area contributed by atoms with Gasteiger partial charge < -0.3 is 0 Å². The van der Waals surface area contributed by atoms with Crippen LogP contribution in [-0.4, -0.2) is 16.7 Å². The molecular weight excluding hydrogens is 254 g/mol. The molecule has 0 aliphatic heterocycles. The molecule has 0 aromatic carbocycles. The molecule has 0 bridgehead atoms. The molecule has 0 saturated heterocycles. The fourth-order valence-electron chi connectivity index (χ4n) is 0.317. The van der Waals surface area contributed by atoms with Crippen molar-refractivity contribution in [2.45, 2.75) is 16.7 Å². The van der Waals surface area contributed by atoms with Gasteiger partial charge in [0.05, 0.1) is 0 Å². The number of halogens is 7. The van der Waals surface area contributed by atoms with Crippen molar-refractivity contribution in [2.24, 2.45) is 0 Å². The summed E-state index contributed by atoms with van der Waals surface area (Å²) in [5.74, 6) is -10.4. The van der Waals surface area contributed by atoms with E-state index in [1.54, 1.807) is 0 Å². The lowest BCUT2D eigenvalue weighted by molar-refractivity contribution is -0.253. The third-order valence-corrected chi connectivity index (χ3v) is 1.53. The maximum absolute atomic E-state index is 12.1. The van der Waals surface area contributed by atoms with Crippen LogP contribution in [0.25, 0.3) is 0 Å². The summed E-state index contributed by atoms with van der Waals surface area (Å²) in [6, 6.07) is 0. The van der Waals surface area contributed by atoms with Gasteiger partial charge in [0.1, 0.15) is 0 Å². The van der Waals surface area contributed by atoms with E-state index in [1.165, 1.54) is 15.9 Å². The highest BCUT2D eigenvalue weighted by atomic mass is 79.9. The first-order chi connectivity index (χ1) is 5.06.